The SMILES string of the molecule is CC.CCC(C)C.CCF.O=C(NCc1ccncc1)c1ccc(OCc2ccc(F)c(F)c2)cc1. The van der Waals surface area contributed by atoms with E-state index in [2.05, 4.69) is 31.1 Å². The van der Waals surface area contributed by atoms with E-state index in [-0.39, 0.29) is 19.2 Å². The van der Waals surface area contributed by atoms with E-state index in [4.69, 9.17) is 4.74 Å². The van der Waals surface area contributed by atoms with Gasteiger partial charge in [-0.2, -0.15) is 0 Å². The molecule has 3 rings (SSSR count). The molecule has 3 aromatic rings. The van der Waals surface area contributed by atoms with E-state index >= 15 is 0 Å². The number of nitrogens with one attached hydrogen (secondary N) is 1. The zero-order valence-electron chi connectivity index (χ0n) is 22.2. The van der Waals surface area contributed by atoms with Crippen LogP contribution in [-0.4, -0.2) is 17.6 Å². The average Bonchev–Trinajstić information content (AvgIpc) is 2.91. The standard InChI is InChI=1S/C20H16F2N2O2.C5H12.C2H5F.C2H6/c21-18-6-1-15(11-19(18)22)13-26-17-4-2-16(3-5-17)20(25)24-12-14-7-9-23-10-8-14;1-4-5(2)3;1-2-3;1-2/h1-11H,12-13H2,(H,24,25);5H,4H2,1-3H3;2H2,1H3;1-2H3. The van der Waals surface area contributed by atoms with E-state index in [1.807, 2.05) is 26.0 Å². The minimum Gasteiger partial charge on any atom is -0.489 e. The molecule has 4 nitrogen and oxygen atoms in total. The van der Waals surface area contributed by atoms with Gasteiger partial charge in [-0.05, 0) is 72.5 Å². The predicted octanol–water partition coefficient (Wildman–Crippen LogP) is 7.92. The summed E-state index contributed by atoms with van der Waals surface area (Å²) >= 11 is 0. The molecule has 0 aliphatic carbocycles. The largest absolute Gasteiger partial charge is 0.489 e. The Morgan fingerprint density at radius 2 is 1.47 bits per heavy atom. The number of ether oxygens (including phenoxy) is 1. The molecule has 0 aliphatic rings. The zero-order valence-corrected chi connectivity index (χ0v) is 22.2. The van der Waals surface area contributed by atoms with Gasteiger partial charge in [0.05, 0.1) is 6.67 Å². The summed E-state index contributed by atoms with van der Waals surface area (Å²) in [6.45, 7) is 12.4. The highest BCUT2D eigenvalue weighted by Crippen LogP contribution is 2.16. The number of amides is 1. The number of rotatable bonds is 7. The Morgan fingerprint density at radius 3 is 1.97 bits per heavy atom. The maximum absolute atomic E-state index is 13.2. The quantitative estimate of drug-likeness (QED) is 0.355. The number of benzene rings is 2. The lowest BCUT2D eigenvalue weighted by Crippen LogP contribution is -2.22. The van der Waals surface area contributed by atoms with Crippen molar-refractivity contribution in [1.29, 1.82) is 0 Å². The number of aromatic nitrogens is 1. The molecular weight excluding hydrogens is 465 g/mol. The molecule has 1 aromatic heterocycles. The first-order valence-corrected chi connectivity index (χ1v) is 12.2. The molecule has 0 saturated carbocycles. The first kappa shape index (κ1) is 32.6. The molecule has 198 valence electrons. The Labute approximate surface area is 213 Å². The molecule has 0 radical (unpaired) electrons. The van der Waals surface area contributed by atoms with E-state index in [1.165, 1.54) is 19.4 Å². The van der Waals surface area contributed by atoms with Crippen molar-refractivity contribution in [2.75, 3.05) is 6.67 Å². The third kappa shape index (κ3) is 14.1. The molecule has 0 aliphatic heterocycles. The topological polar surface area (TPSA) is 51.2 Å². The van der Waals surface area contributed by atoms with Crippen LogP contribution in [0, 0.1) is 17.6 Å². The lowest BCUT2D eigenvalue weighted by atomic mass is 10.2. The second-order valence-corrected chi connectivity index (χ2v) is 7.67. The summed E-state index contributed by atoms with van der Waals surface area (Å²) in [5.41, 5.74) is 1.97. The summed E-state index contributed by atoms with van der Waals surface area (Å²) in [6.07, 6.45) is 4.64. The summed E-state index contributed by atoms with van der Waals surface area (Å²) in [7, 11) is 0. The molecule has 0 fully saturated rings. The van der Waals surface area contributed by atoms with Gasteiger partial charge in [0.2, 0.25) is 0 Å². The van der Waals surface area contributed by atoms with Gasteiger partial charge in [0.25, 0.3) is 5.91 Å². The van der Waals surface area contributed by atoms with Crippen LogP contribution in [0.25, 0.3) is 0 Å². The highest BCUT2D eigenvalue weighted by atomic mass is 19.2. The van der Waals surface area contributed by atoms with Crippen LogP contribution in [0.1, 0.15) is 69.4 Å². The summed E-state index contributed by atoms with van der Waals surface area (Å²) < 4.78 is 41.9. The molecule has 0 unspecified atom stereocenters. The smallest absolute Gasteiger partial charge is 0.251 e. The molecule has 0 spiro atoms. The van der Waals surface area contributed by atoms with Crippen LogP contribution in [-0.2, 0) is 13.2 Å². The number of pyridine rings is 1. The van der Waals surface area contributed by atoms with Crippen LogP contribution in [0.4, 0.5) is 13.2 Å². The fraction of sp³-hybridized carbons (Fsp3) is 0.379. The fourth-order valence-electron chi connectivity index (χ4n) is 2.28. The van der Waals surface area contributed by atoms with Gasteiger partial charge in [0, 0.05) is 24.5 Å². The fourth-order valence-corrected chi connectivity index (χ4v) is 2.28. The summed E-state index contributed by atoms with van der Waals surface area (Å²) in [5.74, 6) is -0.590. The summed E-state index contributed by atoms with van der Waals surface area (Å²) in [4.78, 5) is 16.1. The lowest BCUT2D eigenvalue weighted by molar-refractivity contribution is 0.0951. The van der Waals surface area contributed by atoms with E-state index in [0.717, 1.165) is 23.6 Å². The minimum atomic E-state index is -0.910. The lowest BCUT2D eigenvalue weighted by Gasteiger charge is -2.08. The number of carbonyl (C=O) groups excluding carboxylic acids is 1. The van der Waals surface area contributed by atoms with Crippen molar-refractivity contribution in [3.8, 4) is 5.75 Å². The van der Waals surface area contributed by atoms with Gasteiger partial charge >= 0.3 is 0 Å². The first-order valence-electron chi connectivity index (χ1n) is 12.2. The van der Waals surface area contributed by atoms with E-state index in [9.17, 15) is 18.0 Å². The maximum Gasteiger partial charge on any atom is 0.251 e. The molecule has 1 heterocycles. The van der Waals surface area contributed by atoms with Gasteiger partial charge in [-0.1, -0.05) is 47.1 Å². The van der Waals surface area contributed by atoms with E-state index < -0.39 is 11.6 Å². The van der Waals surface area contributed by atoms with Crippen molar-refractivity contribution in [2.45, 2.75) is 61.1 Å². The van der Waals surface area contributed by atoms with Crippen LogP contribution in [0.3, 0.4) is 0 Å². The number of hydrogen-bond acceptors (Lipinski definition) is 3. The van der Waals surface area contributed by atoms with Crippen LogP contribution in [0.15, 0.2) is 67.0 Å². The summed E-state index contributed by atoms with van der Waals surface area (Å²) in [5, 5.41) is 2.82. The van der Waals surface area contributed by atoms with E-state index in [1.54, 1.807) is 36.7 Å². The van der Waals surface area contributed by atoms with Gasteiger partial charge in [0.15, 0.2) is 11.6 Å². The van der Waals surface area contributed by atoms with Gasteiger partial charge in [-0.25, -0.2) is 8.78 Å². The van der Waals surface area contributed by atoms with Crippen molar-refractivity contribution in [3.63, 3.8) is 0 Å². The molecule has 0 atom stereocenters. The van der Waals surface area contributed by atoms with Gasteiger partial charge in [-0.15, -0.1) is 0 Å². The Morgan fingerprint density at radius 1 is 0.917 bits per heavy atom. The van der Waals surface area contributed by atoms with Crippen molar-refractivity contribution >= 4 is 5.91 Å². The van der Waals surface area contributed by atoms with Crippen molar-refractivity contribution in [3.05, 3.63) is 95.3 Å². The highest BCUT2D eigenvalue weighted by molar-refractivity contribution is 5.94. The van der Waals surface area contributed by atoms with Crippen LogP contribution >= 0.6 is 0 Å². The maximum atomic E-state index is 13.2. The van der Waals surface area contributed by atoms with Crippen molar-refractivity contribution < 1.29 is 22.7 Å². The zero-order chi connectivity index (χ0) is 27.3. The third-order valence-corrected chi connectivity index (χ3v) is 4.52. The Bertz CT molecular complexity index is 966. The number of carbonyl (C=O) groups is 1. The molecule has 2 aromatic carbocycles. The number of alkyl halides is 1. The molecule has 1 N–H and O–H groups in total. The number of halogens is 3. The van der Waals surface area contributed by atoms with Crippen LogP contribution < -0.4 is 10.1 Å². The molecule has 7 heteroatoms. The molecule has 1 amide bonds. The second kappa shape index (κ2) is 19.9. The second-order valence-electron chi connectivity index (χ2n) is 7.67. The molecular formula is C29H39F3N2O2. The predicted molar refractivity (Wildman–Crippen MR) is 141 cm³/mol. The van der Waals surface area contributed by atoms with Gasteiger partial charge in [-0.3, -0.25) is 14.2 Å². The van der Waals surface area contributed by atoms with Gasteiger partial charge in [0.1, 0.15) is 12.4 Å². The Hall–Kier alpha value is -3.35. The minimum absolute atomic E-state index is 0.102. The van der Waals surface area contributed by atoms with Crippen molar-refractivity contribution in [2.24, 2.45) is 5.92 Å². The average molecular weight is 505 g/mol. The van der Waals surface area contributed by atoms with E-state index in [0.29, 0.717) is 23.4 Å². The summed E-state index contributed by atoms with van der Waals surface area (Å²) in [6, 6.07) is 13.9. The molecule has 0 bridgehead atoms. The van der Waals surface area contributed by atoms with Crippen molar-refractivity contribution in [1.82, 2.24) is 10.3 Å². The Kier molecular flexibility index (Phi) is 18.1. The third-order valence-electron chi connectivity index (χ3n) is 4.52. The molecule has 0 saturated heterocycles. The van der Waals surface area contributed by atoms with Crippen LogP contribution in [0.2, 0.25) is 0 Å². The first-order chi connectivity index (χ1) is 17.3. The van der Waals surface area contributed by atoms with Crippen LogP contribution in [0.5, 0.6) is 5.75 Å². The number of hydrogen-bond donors (Lipinski definition) is 1. The highest BCUT2D eigenvalue weighted by Gasteiger charge is 2.07. The normalized spacial score (nSPS) is 9.50. The number of nitrogens with zero attached hydrogens (tertiary/aromatic N) is 1. The monoisotopic (exact) mass is 504 g/mol. The van der Waals surface area contributed by atoms with Gasteiger partial charge < -0.3 is 10.1 Å². The Balaban J connectivity index is 0.00000106. The molecule has 36 heavy (non-hydrogen) atoms.